The first-order valence-corrected chi connectivity index (χ1v) is 6.22. The SMILES string of the molecule is Cc1ccnc(-c2ccc3c(c2)[CH]CCC3)c1. The Morgan fingerprint density at radius 2 is 2.06 bits per heavy atom. The van der Waals surface area contributed by atoms with Crippen LogP contribution in [0.1, 0.15) is 29.5 Å². The van der Waals surface area contributed by atoms with Gasteiger partial charge in [-0.15, -0.1) is 0 Å². The van der Waals surface area contributed by atoms with Gasteiger partial charge < -0.3 is 0 Å². The van der Waals surface area contributed by atoms with Crippen molar-refractivity contribution in [2.75, 3.05) is 0 Å². The minimum Gasteiger partial charge on any atom is -0.256 e. The van der Waals surface area contributed by atoms with E-state index < -0.39 is 0 Å². The lowest BCUT2D eigenvalue weighted by Gasteiger charge is -2.16. The van der Waals surface area contributed by atoms with E-state index in [0.29, 0.717) is 0 Å². The fraction of sp³-hybridized carbons (Fsp3) is 0.250. The number of benzene rings is 1. The summed E-state index contributed by atoms with van der Waals surface area (Å²) in [5.41, 5.74) is 6.44. The van der Waals surface area contributed by atoms with Crippen molar-refractivity contribution in [3.05, 3.63) is 59.6 Å². The van der Waals surface area contributed by atoms with Gasteiger partial charge in [0.15, 0.2) is 0 Å². The Morgan fingerprint density at radius 3 is 2.94 bits per heavy atom. The highest BCUT2D eigenvalue weighted by Crippen LogP contribution is 2.27. The average Bonchev–Trinajstić information content (AvgIpc) is 2.38. The summed E-state index contributed by atoms with van der Waals surface area (Å²) in [6.07, 6.45) is 7.94. The van der Waals surface area contributed by atoms with E-state index in [1.807, 2.05) is 12.3 Å². The number of nitrogens with zero attached hydrogens (tertiary/aromatic N) is 1. The number of pyridine rings is 1. The van der Waals surface area contributed by atoms with E-state index >= 15 is 0 Å². The Morgan fingerprint density at radius 1 is 1.12 bits per heavy atom. The van der Waals surface area contributed by atoms with Crippen LogP contribution in [-0.2, 0) is 6.42 Å². The third kappa shape index (κ3) is 2.10. The first kappa shape index (κ1) is 10.5. The molecule has 0 spiro atoms. The van der Waals surface area contributed by atoms with Gasteiger partial charge in [-0.2, -0.15) is 0 Å². The Kier molecular flexibility index (Phi) is 2.68. The van der Waals surface area contributed by atoms with Crippen LogP contribution in [0.4, 0.5) is 0 Å². The third-order valence-corrected chi connectivity index (χ3v) is 3.37. The highest BCUT2D eigenvalue weighted by Gasteiger charge is 2.10. The van der Waals surface area contributed by atoms with E-state index in [2.05, 4.69) is 42.6 Å². The topological polar surface area (TPSA) is 12.9 Å². The first-order chi connectivity index (χ1) is 8.33. The van der Waals surface area contributed by atoms with Crippen molar-refractivity contribution < 1.29 is 0 Å². The van der Waals surface area contributed by atoms with Crippen LogP contribution in [-0.4, -0.2) is 4.98 Å². The molecule has 17 heavy (non-hydrogen) atoms. The Bertz CT molecular complexity index is 543. The van der Waals surface area contributed by atoms with E-state index in [1.54, 1.807) is 0 Å². The number of rotatable bonds is 1. The maximum Gasteiger partial charge on any atom is 0.0704 e. The second kappa shape index (κ2) is 4.33. The van der Waals surface area contributed by atoms with Gasteiger partial charge in [0, 0.05) is 11.8 Å². The van der Waals surface area contributed by atoms with Gasteiger partial charge in [0.05, 0.1) is 5.69 Å². The molecule has 1 aromatic carbocycles. The highest BCUT2D eigenvalue weighted by molar-refractivity contribution is 5.62. The Balaban J connectivity index is 2.04. The molecule has 0 unspecified atom stereocenters. The second-order valence-electron chi connectivity index (χ2n) is 4.73. The predicted molar refractivity (Wildman–Crippen MR) is 70.8 cm³/mol. The molecule has 1 heterocycles. The van der Waals surface area contributed by atoms with E-state index in [-0.39, 0.29) is 0 Å². The molecule has 1 aliphatic rings. The quantitative estimate of drug-likeness (QED) is 0.712. The summed E-state index contributed by atoms with van der Waals surface area (Å²) in [5.74, 6) is 0. The Hall–Kier alpha value is -1.63. The second-order valence-corrected chi connectivity index (χ2v) is 4.73. The van der Waals surface area contributed by atoms with Gasteiger partial charge in [0.1, 0.15) is 0 Å². The molecule has 85 valence electrons. The van der Waals surface area contributed by atoms with Crippen LogP contribution < -0.4 is 0 Å². The zero-order valence-corrected chi connectivity index (χ0v) is 10.1. The van der Waals surface area contributed by atoms with Gasteiger partial charge in [-0.25, -0.2) is 0 Å². The van der Waals surface area contributed by atoms with Crippen molar-refractivity contribution >= 4 is 0 Å². The molecular formula is C16H16N. The van der Waals surface area contributed by atoms with Crippen molar-refractivity contribution in [3.8, 4) is 11.3 Å². The molecule has 1 aliphatic carbocycles. The minimum atomic E-state index is 1.08. The van der Waals surface area contributed by atoms with Crippen molar-refractivity contribution in [3.63, 3.8) is 0 Å². The molecule has 0 atom stereocenters. The molecule has 0 aliphatic heterocycles. The summed E-state index contributed by atoms with van der Waals surface area (Å²) in [6.45, 7) is 2.11. The lowest BCUT2D eigenvalue weighted by Crippen LogP contribution is -2.00. The Labute approximate surface area is 103 Å². The molecular weight excluding hydrogens is 206 g/mol. The molecule has 1 heteroatoms. The molecule has 0 saturated heterocycles. The van der Waals surface area contributed by atoms with Crippen LogP contribution in [0.25, 0.3) is 11.3 Å². The fourth-order valence-electron chi connectivity index (χ4n) is 2.42. The fourth-order valence-corrected chi connectivity index (χ4v) is 2.42. The van der Waals surface area contributed by atoms with Crippen LogP contribution in [0.2, 0.25) is 0 Å². The zero-order valence-electron chi connectivity index (χ0n) is 10.1. The maximum absolute atomic E-state index is 4.44. The van der Waals surface area contributed by atoms with Crippen LogP contribution >= 0.6 is 0 Å². The number of hydrogen-bond acceptors (Lipinski definition) is 1. The summed E-state index contributed by atoms with van der Waals surface area (Å²) in [5, 5.41) is 0. The standard InChI is InChI=1S/C16H16N/c1-12-8-9-17-16(10-12)15-7-6-13-4-2-3-5-14(13)11-15/h5-11H,2-4H2,1H3. The van der Waals surface area contributed by atoms with Crippen molar-refractivity contribution in [1.82, 2.24) is 4.98 Å². The summed E-state index contributed by atoms with van der Waals surface area (Å²) in [7, 11) is 0. The van der Waals surface area contributed by atoms with Crippen LogP contribution in [0.15, 0.2) is 36.5 Å². The van der Waals surface area contributed by atoms with E-state index in [1.165, 1.54) is 41.5 Å². The van der Waals surface area contributed by atoms with E-state index in [4.69, 9.17) is 0 Å². The highest BCUT2D eigenvalue weighted by atomic mass is 14.7. The normalized spacial score (nSPS) is 14.4. The number of aryl methyl sites for hydroxylation is 2. The molecule has 1 radical (unpaired) electrons. The molecule has 1 nitrogen and oxygen atoms in total. The van der Waals surface area contributed by atoms with Gasteiger partial charge in [-0.1, -0.05) is 12.1 Å². The number of hydrogen-bond donors (Lipinski definition) is 0. The molecule has 0 amide bonds. The lowest BCUT2D eigenvalue weighted by atomic mass is 9.90. The van der Waals surface area contributed by atoms with Gasteiger partial charge >= 0.3 is 0 Å². The predicted octanol–water partition coefficient (Wildman–Crippen LogP) is 3.95. The van der Waals surface area contributed by atoms with E-state index in [9.17, 15) is 0 Å². The van der Waals surface area contributed by atoms with Gasteiger partial charge in [0.2, 0.25) is 0 Å². The molecule has 0 saturated carbocycles. The van der Waals surface area contributed by atoms with E-state index in [0.717, 1.165) is 5.69 Å². The summed E-state index contributed by atoms with van der Waals surface area (Å²) in [6, 6.07) is 10.9. The number of fused-ring (bicyclic) bond motifs is 1. The minimum absolute atomic E-state index is 1.08. The van der Waals surface area contributed by atoms with Crippen molar-refractivity contribution in [2.45, 2.75) is 26.2 Å². The molecule has 2 aromatic rings. The van der Waals surface area contributed by atoms with Crippen LogP contribution in [0, 0.1) is 13.3 Å². The summed E-state index contributed by atoms with van der Waals surface area (Å²) in [4.78, 5) is 4.44. The van der Waals surface area contributed by atoms with Crippen molar-refractivity contribution in [2.24, 2.45) is 0 Å². The third-order valence-electron chi connectivity index (χ3n) is 3.37. The smallest absolute Gasteiger partial charge is 0.0704 e. The number of aromatic nitrogens is 1. The van der Waals surface area contributed by atoms with Crippen molar-refractivity contribution in [1.29, 1.82) is 0 Å². The molecule has 0 fully saturated rings. The van der Waals surface area contributed by atoms with Crippen LogP contribution in [0.3, 0.4) is 0 Å². The molecule has 0 N–H and O–H groups in total. The van der Waals surface area contributed by atoms with Gasteiger partial charge in [0.25, 0.3) is 0 Å². The average molecular weight is 222 g/mol. The monoisotopic (exact) mass is 222 g/mol. The lowest BCUT2D eigenvalue weighted by molar-refractivity contribution is 0.775. The zero-order chi connectivity index (χ0) is 11.7. The molecule has 3 rings (SSSR count). The summed E-state index contributed by atoms with van der Waals surface area (Å²) >= 11 is 0. The largest absolute Gasteiger partial charge is 0.256 e. The maximum atomic E-state index is 4.44. The van der Waals surface area contributed by atoms with Gasteiger partial charge in [-0.05, 0) is 67.5 Å². The molecule has 1 aromatic heterocycles. The summed E-state index contributed by atoms with van der Waals surface area (Å²) < 4.78 is 0. The molecule has 0 bridgehead atoms. The van der Waals surface area contributed by atoms with Crippen LogP contribution in [0.5, 0.6) is 0 Å². The van der Waals surface area contributed by atoms with Gasteiger partial charge in [-0.3, -0.25) is 4.98 Å². The first-order valence-electron chi connectivity index (χ1n) is 6.22.